The van der Waals surface area contributed by atoms with Crippen LogP contribution in [0.25, 0.3) is 0 Å². The van der Waals surface area contributed by atoms with Crippen molar-refractivity contribution >= 4 is 46.4 Å². The fraction of sp³-hybridized carbons (Fsp3) is 0.188. The monoisotopic (exact) mass is 392 g/mol. The van der Waals surface area contributed by atoms with E-state index in [0.717, 1.165) is 5.56 Å². The maximum absolute atomic E-state index is 6.21. The number of hydrogen-bond donors (Lipinski definition) is 0. The second-order valence-electron chi connectivity index (χ2n) is 4.68. The molecule has 0 fully saturated rings. The lowest BCUT2D eigenvalue weighted by atomic mass is 10.3. The van der Waals surface area contributed by atoms with Gasteiger partial charge in [-0.2, -0.15) is 0 Å². The van der Waals surface area contributed by atoms with E-state index in [4.69, 9.17) is 55.9 Å². The van der Waals surface area contributed by atoms with Crippen molar-refractivity contribution in [3.8, 4) is 11.5 Å². The van der Waals surface area contributed by atoms with Gasteiger partial charge in [-0.15, -0.1) is 0 Å². The maximum atomic E-state index is 6.21. The summed E-state index contributed by atoms with van der Waals surface area (Å²) in [7, 11) is 1.95. The first-order valence-corrected chi connectivity index (χ1v) is 8.17. The van der Waals surface area contributed by atoms with Crippen LogP contribution in [0.15, 0.2) is 47.2 Å². The van der Waals surface area contributed by atoms with E-state index >= 15 is 0 Å². The SMILES string of the molecule is C[n+]1ccc(COc2c(Cl)cc(OCC=C(Cl)Cl)cc2Cl)cc1. The molecule has 0 aliphatic heterocycles. The van der Waals surface area contributed by atoms with Gasteiger partial charge in [0, 0.05) is 29.8 Å². The minimum absolute atomic E-state index is 0.137. The molecule has 0 unspecified atom stereocenters. The van der Waals surface area contributed by atoms with Gasteiger partial charge in [0.2, 0.25) is 0 Å². The zero-order valence-electron chi connectivity index (χ0n) is 12.2. The first-order valence-electron chi connectivity index (χ1n) is 6.65. The first-order chi connectivity index (χ1) is 11.0. The molecular weight excluding hydrogens is 380 g/mol. The molecule has 0 radical (unpaired) electrons. The van der Waals surface area contributed by atoms with Crippen LogP contribution in [0, 0.1) is 0 Å². The highest BCUT2D eigenvalue weighted by molar-refractivity contribution is 6.55. The van der Waals surface area contributed by atoms with E-state index in [1.165, 1.54) is 6.08 Å². The van der Waals surface area contributed by atoms with Crippen LogP contribution in [0.2, 0.25) is 10.0 Å². The minimum atomic E-state index is 0.137. The van der Waals surface area contributed by atoms with Crippen molar-refractivity contribution in [3.63, 3.8) is 0 Å². The number of aromatic nitrogens is 1. The summed E-state index contributed by atoms with van der Waals surface area (Å²) in [4.78, 5) is 0. The molecule has 0 saturated carbocycles. The van der Waals surface area contributed by atoms with Crippen LogP contribution < -0.4 is 14.0 Å². The van der Waals surface area contributed by atoms with Gasteiger partial charge >= 0.3 is 0 Å². The number of benzene rings is 1. The molecule has 0 aliphatic rings. The molecule has 0 bridgehead atoms. The van der Waals surface area contributed by atoms with E-state index in [1.54, 1.807) is 12.1 Å². The van der Waals surface area contributed by atoms with Gasteiger partial charge in [0.15, 0.2) is 18.1 Å². The molecule has 2 aromatic rings. The second kappa shape index (κ2) is 8.65. The van der Waals surface area contributed by atoms with Crippen LogP contribution in [0.5, 0.6) is 11.5 Å². The van der Waals surface area contributed by atoms with Gasteiger partial charge in [0.1, 0.15) is 30.5 Å². The number of aryl methyl sites for hydroxylation is 1. The minimum Gasteiger partial charge on any atom is -0.489 e. The fourth-order valence-corrected chi connectivity index (χ4v) is 2.44. The Hall–Kier alpha value is -1.13. The lowest BCUT2D eigenvalue weighted by molar-refractivity contribution is -0.671. The van der Waals surface area contributed by atoms with E-state index in [-0.39, 0.29) is 11.1 Å². The van der Waals surface area contributed by atoms with Crippen LogP contribution in [0.4, 0.5) is 0 Å². The van der Waals surface area contributed by atoms with Crippen molar-refractivity contribution in [1.29, 1.82) is 0 Å². The van der Waals surface area contributed by atoms with Gasteiger partial charge in [-0.05, 0) is 6.08 Å². The van der Waals surface area contributed by atoms with Crippen molar-refractivity contribution in [2.75, 3.05) is 6.61 Å². The van der Waals surface area contributed by atoms with Crippen molar-refractivity contribution in [2.24, 2.45) is 7.05 Å². The van der Waals surface area contributed by atoms with Crippen molar-refractivity contribution < 1.29 is 14.0 Å². The summed E-state index contributed by atoms with van der Waals surface area (Å²) in [5.41, 5.74) is 1.01. The summed E-state index contributed by atoms with van der Waals surface area (Å²) in [6.45, 7) is 0.585. The lowest BCUT2D eigenvalue weighted by Crippen LogP contribution is -2.26. The molecular formula is C16H14Cl4NO2+. The lowest BCUT2D eigenvalue weighted by Gasteiger charge is -2.12. The highest BCUT2D eigenvalue weighted by atomic mass is 35.5. The zero-order chi connectivity index (χ0) is 16.8. The third-order valence-corrected chi connectivity index (χ3v) is 3.76. The Morgan fingerprint density at radius 3 is 2.26 bits per heavy atom. The van der Waals surface area contributed by atoms with Gasteiger partial charge in [-0.3, -0.25) is 0 Å². The van der Waals surface area contributed by atoms with Gasteiger partial charge in [-0.1, -0.05) is 46.4 Å². The fourth-order valence-electron chi connectivity index (χ4n) is 1.74. The summed E-state index contributed by atoms with van der Waals surface area (Å²) in [6.07, 6.45) is 5.40. The Kier molecular flexibility index (Phi) is 6.85. The number of rotatable bonds is 6. The smallest absolute Gasteiger partial charge is 0.168 e. The van der Waals surface area contributed by atoms with Crippen LogP contribution in [0.3, 0.4) is 0 Å². The average Bonchev–Trinajstić information content (AvgIpc) is 2.48. The molecule has 23 heavy (non-hydrogen) atoms. The van der Waals surface area contributed by atoms with Crippen LogP contribution >= 0.6 is 46.4 Å². The molecule has 1 heterocycles. The van der Waals surface area contributed by atoms with Crippen LogP contribution in [-0.2, 0) is 13.7 Å². The Morgan fingerprint density at radius 2 is 1.70 bits per heavy atom. The molecule has 0 spiro atoms. The van der Waals surface area contributed by atoms with Crippen LogP contribution in [-0.4, -0.2) is 6.61 Å². The predicted molar refractivity (Wildman–Crippen MR) is 93.7 cm³/mol. The molecule has 0 saturated heterocycles. The average molecular weight is 394 g/mol. The largest absolute Gasteiger partial charge is 0.489 e. The van der Waals surface area contributed by atoms with E-state index in [0.29, 0.717) is 28.2 Å². The second-order valence-corrected chi connectivity index (χ2v) is 6.50. The molecule has 2 rings (SSSR count). The molecule has 0 amide bonds. The number of nitrogens with zero attached hydrogens (tertiary/aromatic N) is 1. The quantitative estimate of drug-likeness (QED) is 0.637. The number of ether oxygens (including phenoxy) is 2. The Balaban J connectivity index is 2.04. The Bertz CT molecular complexity index is 675. The van der Waals surface area contributed by atoms with Gasteiger partial charge in [-0.25, -0.2) is 4.57 Å². The summed E-state index contributed by atoms with van der Waals surface area (Å²) in [6, 6.07) is 7.18. The van der Waals surface area contributed by atoms with E-state index in [1.807, 2.05) is 36.1 Å². The summed E-state index contributed by atoms with van der Waals surface area (Å²) < 4.78 is 13.2. The summed E-state index contributed by atoms with van der Waals surface area (Å²) in [5, 5.41) is 0.741. The molecule has 1 aromatic heterocycles. The van der Waals surface area contributed by atoms with Gasteiger partial charge in [0.25, 0.3) is 0 Å². The van der Waals surface area contributed by atoms with E-state index < -0.39 is 0 Å². The molecule has 7 heteroatoms. The van der Waals surface area contributed by atoms with Crippen molar-refractivity contribution in [1.82, 2.24) is 0 Å². The third kappa shape index (κ3) is 5.78. The zero-order valence-corrected chi connectivity index (χ0v) is 15.3. The number of halogens is 4. The summed E-state index contributed by atoms with van der Waals surface area (Å²) >= 11 is 23.4. The van der Waals surface area contributed by atoms with E-state index in [9.17, 15) is 0 Å². The molecule has 122 valence electrons. The third-order valence-electron chi connectivity index (χ3n) is 2.89. The summed E-state index contributed by atoms with van der Waals surface area (Å²) in [5.74, 6) is 0.921. The maximum Gasteiger partial charge on any atom is 0.168 e. The topological polar surface area (TPSA) is 22.3 Å². The van der Waals surface area contributed by atoms with Crippen molar-refractivity contribution in [2.45, 2.75) is 6.61 Å². The van der Waals surface area contributed by atoms with Gasteiger partial charge in [0.05, 0.1) is 10.0 Å². The standard InChI is InChI=1S/C16H14Cl4NO2/c1-21-5-2-11(3-6-21)10-23-16-13(17)8-12(9-14(16)18)22-7-4-15(19)20/h2-6,8-9H,7,10H2,1H3/q+1. The molecule has 0 N–H and O–H groups in total. The van der Waals surface area contributed by atoms with Crippen molar-refractivity contribution in [3.05, 3.63) is 62.8 Å². The molecule has 0 atom stereocenters. The highest BCUT2D eigenvalue weighted by Crippen LogP contribution is 2.37. The Morgan fingerprint density at radius 1 is 1.09 bits per heavy atom. The Labute approximate surface area is 154 Å². The van der Waals surface area contributed by atoms with Gasteiger partial charge < -0.3 is 9.47 Å². The number of pyridine rings is 1. The normalized spacial score (nSPS) is 10.3. The van der Waals surface area contributed by atoms with E-state index in [2.05, 4.69) is 0 Å². The molecule has 3 nitrogen and oxygen atoms in total. The predicted octanol–water partition coefficient (Wildman–Crippen LogP) is 5.09. The first kappa shape index (κ1) is 18.2. The molecule has 1 aromatic carbocycles. The molecule has 0 aliphatic carbocycles. The highest BCUT2D eigenvalue weighted by Gasteiger charge is 2.11. The van der Waals surface area contributed by atoms with Crippen LogP contribution in [0.1, 0.15) is 5.56 Å². The number of hydrogen-bond acceptors (Lipinski definition) is 2.